The van der Waals surface area contributed by atoms with Crippen molar-refractivity contribution in [3.8, 4) is 0 Å². The van der Waals surface area contributed by atoms with Gasteiger partial charge in [-0.05, 0) is 6.92 Å². The number of methoxy groups -OCH3 is 1. The predicted octanol–water partition coefficient (Wildman–Crippen LogP) is -0.136. The second-order valence-electron chi connectivity index (χ2n) is 3.81. The average Bonchev–Trinajstić information content (AvgIpc) is 2.60. The van der Waals surface area contributed by atoms with E-state index in [1.165, 1.54) is 0 Å². The topological polar surface area (TPSA) is 59.3 Å². The van der Waals surface area contributed by atoms with E-state index in [4.69, 9.17) is 4.74 Å². The zero-order valence-corrected chi connectivity index (χ0v) is 9.53. The van der Waals surface area contributed by atoms with Crippen LogP contribution >= 0.6 is 0 Å². The molecule has 1 heterocycles. The standard InChI is InChI=1S/C10H19N3O2/c1-10(14,8-11-5-7-15-3)9-12-4-6-13(9)2/h4,6,11,14H,5,7-8H2,1-3H3. The number of rotatable bonds is 6. The van der Waals surface area contributed by atoms with Gasteiger partial charge >= 0.3 is 0 Å². The lowest BCUT2D eigenvalue weighted by molar-refractivity contribution is 0.0433. The van der Waals surface area contributed by atoms with Crippen LogP contribution in [0.5, 0.6) is 0 Å². The molecule has 0 bridgehead atoms. The first-order valence-electron chi connectivity index (χ1n) is 4.98. The normalized spacial score (nSPS) is 15.2. The van der Waals surface area contributed by atoms with Gasteiger partial charge in [0.25, 0.3) is 0 Å². The van der Waals surface area contributed by atoms with E-state index in [2.05, 4.69) is 10.3 Å². The fourth-order valence-corrected chi connectivity index (χ4v) is 1.47. The first-order chi connectivity index (χ1) is 7.08. The third-order valence-corrected chi connectivity index (χ3v) is 2.26. The van der Waals surface area contributed by atoms with Gasteiger partial charge in [0.2, 0.25) is 0 Å². The van der Waals surface area contributed by atoms with Crippen LogP contribution in [-0.2, 0) is 17.4 Å². The molecule has 1 aromatic rings. The van der Waals surface area contributed by atoms with Gasteiger partial charge in [0.1, 0.15) is 11.4 Å². The molecule has 0 fully saturated rings. The number of hydrogen-bond donors (Lipinski definition) is 2. The molecule has 1 rings (SSSR count). The van der Waals surface area contributed by atoms with Crippen molar-refractivity contribution in [1.29, 1.82) is 0 Å². The van der Waals surface area contributed by atoms with Crippen molar-refractivity contribution < 1.29 is 9.84 Å². The third kappa shape index (κ3) is 3.30. The van der Waals surface area contributed by atoms with Gasteiger partial charge < -0.3 is 19.7 Å². The van der Waals surface area contributed by atoms with Crippen LogP contribution in [0.1, 0.15) is 12.7 Å². The Balaban J connectivity index is 2.48. The van der Waals surface area contributed by atoms with Gasteiger partial charge in [0.15, 0.2) is 0 Å². The lowest BCUT2D eigenvalue weighted by atomic mass is 10.1. The number of aliphatic hydroxyl groups is 1. The Morgan fingerprint density at radius 2 is 2.40 bits per heavy atom. The molecule has 2 N–H and O–H groups in total. The summed E-state index contributed by atoms with van der Waals surface area (Å²) in [6.45, 7) is 3.56. The Kier molecular flexibility index (Phi) is 4.26. The Hall–Kier alpha value is -0.910. The van der Waals surface area contributed by atoms with Gasteiger partial charge in [-0.25, -0.2) is 4.98 Å². The quantitative estimate of drug-likeness (QED) is 0.646. The van der Waals surface area contributed by atoms with Crippen LogP contribution < -0.4 is 5.32 Å². The number of nitrogens with one attached hydrogen (secondary N) is 1. The molecule has 0 aliphatic carbocycles. The molecule has 0 saturated carbocycles. The zero-order valence-electron chi connectivity index (χ0n) is 9.53. The zero-order chi connectivity index (χ0) is 11.3. The molecular formula is C10H19N3O2. The minimum Gasteiger partial charge on any atom is -0.383 e. The Morgan fingerprint density at radius 3 is 2.93 bits per heavy atom. The Labute approximate surface area is 90.1 Å². The van der Waals surface area contributed by atoms with Crippen LogP contribution in [0.4, 0.5) is 0 Å². The number of aromatic nitrogens is 2. The van der Waals surface area contributed by atoms with Crippen molar-refractivity contribution in [3.05, 3.63) is 18.2 Å². The lowest BCUT2D eigenvalue weighted by Crippen LogP contribution is -2.38. The first-order valence-corrected chi connectivity index (χ1v) is 4.98. The van der Waals surface area contributed by atoms with Crippen LogP contribution in [0.15, 0.2) is 12.4 Å². The molecule has 0 amide bonds. The number of hydrogen-bond acceptors (Lipinski definition) is 4. The minimum absolute atomic E-state index is 0.460. The fourth-order valence-electron chi connectivity index (χ4n) is 1.47. The van der Waals surface area contributed by atoms with Crippen molar-refractivity contribution in [3.63, 3.8) is 0 Å². The van der Waals surface area contributed by atoms with Crippen LogP contribution in [0, 0.1) is 0 Å². The van der Waals surface area contributed by atoms with E-state index < -0.39 is 5.60 Å². The van der Waals surface area contributed by atoms with E-state index in [-0.39, 0.29) is 0 Å². The second kappa shape index (κ2) is 5.25. The van der Waals surface area contributed by atoms with Gasteiger partial charge in [-0.15, -0.1) is 0 Å². The van der Waals surface area contributed by atoms with Crippen molar-refractivity contribution >= 4 is 0 Å². The van der Waals surface area contributed by atoms with Crippen molar-refractivity contribution in [2.75, 3.05) is 26.8 Å². The summed E-state index contributed by atoms with van der Waals surface area (Å²) in [5.41, 5.74) is -0.952. The molecule has 5 heteroatoms. The summed E-state index contributed by atoms with van der Waals surface area (Å²) in [7, 11) is 3.52. The number of nitrogens with zero attached hydrogens (tertiary/aromatic N) is 2. The smallest absolute Gasteiger partial charge is 0.141 e. The predicted molar refractivity (Wildman–Crippen MR) is 57.5 cm³/mol. The van der Waals surface area contributed by atoms with Crippen LogP contribution in [-0.4, -0.2) is 41.5 Å². The summed E-state index contributed by atoms with van der Waals surface area (Å²) in [4.78, 5) is 4.13. The molecule has 0 aliphatic rings. The number of aryl methyl sites for hydroxylation is 1. The number of imidazole rings is 1. The molecule has 1 unspecified atom stereocenters. The highest BCUT2D eigenvalue weighted by molar-refractivity contribution is 5.03. The minimum atomic E-state index is -0.952. The fraction of sp³-hybridized carbons (Fsp3) is 0.700. The van der Waals surface area contributed by atoms with E-state index in [1.807, 2.05) is 17.8 Å². The van der Waals surface area contributed by atoms with E-state index in [0.29, 0.717) is 19.0 Å². The van der Waals surface area contributed by atoms with E-state index in [1.54, 1.807) is 20.2 Å². The molecule has 5 nitrogen and oxygen atoms in total. The maximum atomic E-state index is 10.2. The van der Waals surface area contributed by atoms with Crippen LogP contribution in [0.25, 0.3) is 0 Å². The van der Waals surface area contributed by atoms with Gasteiger partial charge in [0.05, 0.1) is 6.61 Å². The molecule has 0 aliphatic heterocycles. The molecule has 0 aromatic carbocycles. The monoisotopic (exact) mass is 213 g/mol. The molecule has 15 heavy (non-hydrogen) atoms. The van der Waals surface area contributed by atoms with Crippen molar-refractivity contribution in [2.45, 2.75) is 12.5 Å². The molecule has 0 spiro atoms. The van der Waals surface area contributed by atoms with Gasteiger partial charge in [-0.1, -0.05) is 0 Å². The molecule has 86 valence electrons. The molecule has 1 aromatic heterocycles. The second-order valence-corrected chi connectivity index (χ2v) is 3.81. The largest absolute Gasteiger partial charge is 0.383 e. The van der Waals surface area contributed by atoms with Crippen LogP contribution in [0.2, 0.25) is 0 Å². The van der Waals surface area contributed by atoms with Gasteiger partial charge in [-0.2, -0.15) is 0 Å². The lowest BCUT2D eigenvalue weighted by Gasteiger charge is -2.23. The maximum absolute atomic E-state index is 10.2. The first kappa shape index (κ1) is 12.2. The molecule has 1 atom stereocenters. The summed E-state index contributed by atoms with van der Waals surface area (Å²) in [5.74, 6) is 0.660. The molecule has 0 radical (unpaired) electrons. The summed E-state index contributed by atoms with van der Waals surface area (Å²) in [6, 6.07) is 0. The summed E-state index contributed by atoms with van der Waals surface area (Å²) in [6.07, 6.45) is 3.50. The molecule has 0 saturated heterocycles. The summed E-state index contributed by atoms with van der Waals surface area (Å²) >= 11 is 0. The van der Waals surface area contributed by atoms with E-state index in [0.717, 1.165) is 6.54 Å². The third-order valence-electron chi connectivity index (χ3n) is 2.26. The maximum Gasteiger partial charge on any atom is 0.141 e. The Morgan fingerprint density at radius 1 is 1.67 bits per heavy atom. The van der Waals surface area contributed by atoms with E-state index >= 15 is 0 Å². The average molecular weight is 213 g/mol. The van der Waals surface area contributed by atoms with Crippen molar-refractivity contribution in [1.82, 2.24) is 14.9 Å². The van der Waals surface area contributed by atoms with Gasteiger partial charge in [-0.3, -0.25) is 0 Å². The SMILES string of the molecule is COCCNCC(C)(O)c1nccn1C. The van der Waals surface area contributed by atoms with Crippen LogP contribution in [0.3, 0.4) is 0 Å². The van der Waals surface area contributed by atoms with Gasteiger partial charge in [0, 0.05) is 39.6 Å². The summed E-state index contributed by atoms with van der Waals surface area (Å²) < 4.78 is 6.72. The highest BCUT2D eigenvalue weighted by Crippen LogP contribution is 2.16. The summed E-state index contributed by atoms with van der Waals surface area (Å²) in [5, 5.41) is 13.3. The van der Waals surface area contributed by atoms with Crippen molar-refractivity contribution in [2.24, 2.45) is 7.05 Å². The number of ether oxygens (including phenoxy) is 1. The highest BCUT2D eigenvalue weighted by atomic mass is 16.5. The Bertz CT molecular complexity index is 297. The molecular weight excluding hydrogens is 194 g/mol. The highest BCUT2D eigenvalue weighted by Gasteiger charge is 2.26. The van der Waals surface area contributed by atoms with E-state index in [9.17, 15) is 5.11 Å².